The number of rotatable bonds is 2. The fourth-order valence-electron chi connectivity index (χ4n) is 1.20. The largest absolute Gasteiger partial charge is 0.476 e. The Balaban J connectivity index is 2.40. The summed E-state index contributed by atoms with van der Waals surface area (Å²) >= 11 is 0. The molecule has 0 saturated heterocycles. The van der Waals surface area contributed by atoms with Crippen molar-refractivity contribution in [3.8, 4) is 11.4 Å². The maximum atomic E-state index is 10.5. The smallest absolute Gasteiger partial charge is 0.356 e. The molecule has 0 fully saturated rings. The van der Waals surface area contributed by atoms with Crippen molar-refractivity contribution in [3.05, 3.63) is 30.4 Å². The van der Waals surface area contributed by atoms with Gasteiger partial charge in [-0.3, -0.25) is 9.67 Å². The molecule has 2 heterocycles. The molecule has 6 heteroatoms. The Hall–Kier alpha value is -2.24. The summed E-state index contributed by atoms with van der Waals surface area (Å²) in [6.07, 6.45) is 4.28. The van der Waals surface area contributed by atoms with Gasteiger partial charge in [-0.05, 0) is 6.07 Å². The summed E-state index contributed by atoms with van der Waals surface area (Å²) in [4.78, 5) is 18.3. The normalized spacial score (nSPS) is 10.2. The maximum Gasteiger partial charge on any atom is 0.356 e. The summed E-state index contributed by atoms with van der Waals surface area (Å²) in [6, 6.07) is 1.78. The van der Waals surface area contributed by atoms with Crippen LogP contribution in [0.4, 0.5) is 0 Å². The summed E-state index contributed by atoms with van der Waals surface area (Å²) in [5.41, 5.74) is 1.32. The van der Waals surface area contributed by atoms with Crippen LogP contribution in [0.15, 0.2) is 24.7 Å². The second-order valence-corrected chi connectivity index (χ2v) is 2.93. The zero-order valence-electron chi connectivity index (χ0n) is 7.95. The molecule has 0 spiro atoms. The van der Waals surface area contributed by atoms with Crippen LogP contribution in [-0.4, -0.2) is 30.8 Å². The lowest BCUT2D eigenvalue weighted by atomic mass is 10.3. The van der Waals surface area contributed by atoms with Crippen molar-refractivity contribution in [1.29, 1.82) is 0 Å². The fourth-order valence-corrected chi connectivity index (χ4v) is 1.20. The molecule has 0 unspecified atom stereocenters. The average molecular weight is 204 g/mol. The van der Waals surface area contributed by atoms with Crippen LogP contribution < -0.4 is 0 Å². The molecule has 76 valence electrons. The van der Waals surface area contributed by atoms with Gasteiger partial charge in [-0.15, -0.1) is 0 Å². The van der Waals surface area contributed by atoms with Gasteiger partial charge in [0.2, 0.25) is 0 Å². The molecule has 15 heavy (non-hydrogen) atoms. The second kappa shape index (κ2) is 3.49. The van der Waals surface area contributed by atoms with E-state index in [4.69, 9.17) is 5.11 Å². The van der Waals surface area contributed by atoms with E-state index in [1.54, 1.807) is 24.0 Å². The van der Waals surface area contributed by atoms with Gasteiger partial charge < -0.3 is 5.11 Å². The molecular formula is C9H8N4O2. The minimum Gasteiger partial charge on any atom is -0.476 e. The Kier molecular flexibility index (Phi) is 2.17. The molecule has 2 aromatic rings. The number of carboxylic acids is 1. The first-order valence-corrected chi connectivity index (χ1v) is 4.22. The predicted molar refractivity (Wildman–Crippen MR) is 51.2 cm³/mol. The monoisotopic (exact) mass is 204 g/mol. The molecule has 0 aliphatic rings. The molecule has 0 aliphatic carbocycles. The summed E-state index contributed by atoms with van der Waals surface area (Å²) in [6.45, 7) is 0. The van der Waals surface area contributed by atoms with Gasteiger partial charge >= 0.3 is 5.97 Å². The first-order valence-electron chi connectivity index (χ1n) is 4.22. The van der Waals surface area contributed by atoms with Crippen molar-refractivity contribution in [2.45, 2.75) is 0 Å². The number of hydrogen-bond acceptors (Lipinski definition) is 4. The van der Waals surface area contributed by atoms with Crippen molar-refractivity contribution >= 4 is 5.97 Å². The lowest BCUT2D eigenvalue weighted by Crippen LogP contribution is -2.02. The standard InChI is InChI=1S/C9H8N4O2/c1-13-8(2-3-12-13)6-4-11-7(5-10-6)9(14)15/h2-5H,1H3,(H,14,15). The van der Waals surface area contributed by atoms with Gasteiger partial charge in [0.05, 0.1) is 18.1 Å². The van der Waals surface area contributed by atoms with Crippen LogP contribution in [0.3, 0.4) is 0 Å². The van der Waals surface area contributed by atoms with Gasteiger partial charge in [0, 0.05) is 13.2 Å². The highest BCUT2D eigenvalue weighted by molar-refractivity contribution is 5.85. The van der Waals surface area contributed by atoms with E-state index in [1.165, 1.54) is 12.4 Å². The van der Waals surface area contributed by atoms with E-state index in [-0.39, 0.29) is 5.69 Å². The van der Waals surface area contributed by atoms with Crippen molar-refractivity contribution in [3.63, 3.8) is 0 Å². The molecule has 0 atom stereocenters. The lowest BCUT2D eigenvalue weighted by molar-refractivity contribution is 0.0690. The number of aromatic carboxylic acids is 1. The van der Waals surface area contributed by atoms with Gasteiger partial charge in [-0.2, -0.15) is 5.10 Å². The first kappa shape index (κ1) is 9.32. The molecule has 0 amide bonds. The Morgan fingerprint density at radius 2 is 2.20 bits per heavy atom. The summed E-state index contributed by atoms with van der Waals surface area (Å²) in [5, 5.41) is 12.6. The van der Waals surface area contributed by atoms with Gasteiger partial charge in [0.25, 0.3) is 0 Å². The number of aromatic nitrogens is 4. The van der Waals surface area contributed by atoms with Crippen LogP contribution in [0, 0.1) is 0 Å². The van der Waals surface area contributed by atoms with Gasteiger partial charge in [0.1, 0.15) is 5.69 Å². The third-order valence-corrected chi connectivity index (χ3v) is 1.95. The van der Waals surface area contributed by atoms with Crippen molar-refractivity contribution < 1.29 is 9.90 Å². The highest BCUT2D eigenvalue weighted by Crippen LogP contribution is 2.13. The third kappa shape index (κ3) is 1.69. The van der Waals surface area contributed by atoms with E-state index >= 15 is 0 Å². The quantitative estimate of drug-likeness (QED) is 0.773. The summed E-state index contributed by atoms with van der Waals surface area (Å²) in [7, 11) is 1.78. The minimum atomic E-state index is -1.08. The third-order valence-electron chi connectivity index (χ3n) is 1.95. The van der Waals surface area contributed by atoms with Crippen LogP contribution in [0.5, 0.6) is 0 Å². The topological polar surface area (TPSA) is 80.9 Å². The average Bonchev–Trinajstić information content (AvgIpc) is 2.65. The van der Waals surface area contributed by atoms with Crippen LogP contribution >= 0.6 is 0 Å². The van der Waals surface area contributed by atoms with Crippen LogP contribution in [0.1, 0.15) is 10.5 Å². The zero-order chi connectivity index (χ0) is 10.8. The minimum absolute atomic E-state index is 0.0686. The molecule has 1 N–H and O–H groups in total. The SMILES string of the molecule is Cn1nccc1-c1cnc(C(=O)O)cn1. The molecular weight excluding hydrogens is 196 g/mol. The van der Waals surface area contributed by atoms with E-state index in [1.807, 2.05) is 0 Å². The molecule has 0 aromatic carbocycles. The number of aryl methyl sites for hydroxylation is 1. The molecule has 6 nitrogen and oxygen atoms in total. The fraction of sp³-hybridized carbons (Fsp3) is 0.111. The van der Waals surface area contributed by atoms with E-state index in [2.05, 4.69) is 15.1 Å². The Bertz CT molecular complexity index is 489. The van der Waals surface area contributed by atoms with E-state index in [0.29, 0.717) is 5.69 Å². The van der Waals surface area contributed by atoms with Crippen molar-refractivity contribution in [2.75, 3.05) is 0 Å². The first-order chi connectivity index (χ1) is 7.18. The van der Waals surface area contributed by atoms with E-state index in [0.717, 1.165) is 5.69 Å². The molecule has 0 aliphatic heterocycles. The Morgan fingerprint density at radius 3 is 2.67 bits per heavy atom. The second-order valence-electron chi connectivity index (χ2n) is 2.93. The van der Waals surface area contributed by atoms with Gasteiger partial charge in [0.15, 0.2) is 5.69 Å². The van der Waals surface area contributed by atoms with Crippen molar-refractivity contribution in [1.82, 2.24) is 19.7 Å². The lowest BCUT2D eigenvalue weighted by Gasteiger charge is -2.00. The summed E-state index contributed by atoms with van der Waals surface area (Å²) < 4.78 is 1.64. The molecule has 0 bridgehead atoms. The molecule has 0 radical (unpaired) electrons. The highest BCUT2D eigenvalue weighted by Gasteiger charge is 2.07. The number of nitrogens with zero attached hydrogens (tertiary/aromatic N) is 4. The van der Waals surface area contributed by atoms with Gasteiger partial charge in [-0.25, -0.2) is 9.78 Å². The van der Waals surface area contributed by atoms with Crippen molar-refractivity contribution in [2.24, 2.45) is 7.05 Å². The Labute approximate surface area is 85.2 Å². The predicted octanol–water partition coefficient (Wildman–Crippen LogP) is 0.575. The number of carbonyl (C=O) groups is 1. The summed E-state index contributed by atoms with van der Waals surface area (Å²) in [5.74, 6) is -1.08. The van der Waals surface area contributed by atoms with E-state index in [9.17, 15) is 4.79 Å². The Morgan fingerprint density at radius 1 is 1.40 bits per heavy atom. The van der Waals surface area contributed by atoms with E-state index < -0.39 is 5.97 Å². The number of hydrogen-bond donors (Lipinski definition) is 1. The zero-order valence-corrected chi connectivity index (χ0v) is 7.95. The number of carboxylic acid groups (broad SMARTS) is 1. The molecule has 2 aromatic heterocycles. The maximum absolute atomic E-state index is 10.5. The highest BCUT2D eigenvalue weighted by atomic mass is 16.4. The van der Waals surface area contributed by atoms with Gasteiger partial charge in [-0.1, -0.05) is 0 Å². The van der Waals surface area contributed by atoms with Crippen LogP contribution in [0.25, 0.3) is 11.4 Å². The van der Waals surface area contributed by atoms with Crippen LogP contribution in [-0.2, 0) is 7.05 Å². The molecule has 0 saturated carbocycles. The molecule has 2 rings (SSSR count). The van der Waals surface area contributed by atoms with Crippen LogP contribution in [0.2, 0.25) is 0 Å².